The Kier molecular flexibility index (Phi) is 7.93. The Morgan fingerprint density at radius 3 is 2.52 bits per heavy atom. The van der Waals surface area contributed by atoms with E-state index in [-0.39, 0.29) is 11.5 Å². The third-order valence-corrected chi connectivity index (χ3v) is 8.82. The molecule has 8 heteroatoms. The number of amides is 1. The van der Waals surface area contributed by atoms with Crippen LogP contribution >= 0.6 is 11.3 Å². The van der Waals surface area contributed by atoms with Gasteiger partial charge in [-0.3, -0.25) is 14.2 Å². The molecule has 0 aliphatic carbocycles. The largest absolute Gasteiger partial charge is 0.497 e. The molecule has 1 aliphatic heterocycles. The van der Waals surface area contributed by atoms with Crippen LogP contribution in [0.4, 0.5) is 5.69 Å². The molecule has 1 aliphatic rings. The van der Waals surface area contributed by atoms with Crippen molar-refractivity contribution in [3.05, 3.63) is 132 Å². The minimum atomic E-state index is -0.691. The number of fused-ring (bicyclic) bond motifs is 2. The quantitative estimate of drug-likeness (QED) is 0.246. The molecule has 4 aromatic carbocycles. The van der Waals surface area contributed by atoms with Gasteiger partial charge in [0.15, 0.2) is 4.80 Å². The predicted octanol–water partition coefficient (Wildman–Crippen LogP) is 6.05. The Labute approximate surface area is 259 Å². The third-order valence-electron chi connectivity index (χ3n) is 7.83. The molecule has 0 spiro atoms. The first kappa shape index (κ1) is 29.1. The Morgan fingerprint density at radius 1 is 1.02 bits per heavy atom. The smallest absolute Gasteiger partial charge is 0.271 e. The fraction of sp³-hybridized carbons (Fsp3) is 0.194. The molecule has 0 saturated carbocycles. The van der Waals surface area contributed by atoms with E-state index in [9.17, 15) is 9.59 Å². The molecule has 44 heavy (non-hydrogen) atoms. The van der Waals surface area contributed by atoms with Gasteiger partial charge in [0.25, 0.3) is 11.5 Å². The van der Waals surface area contributed by atoms with Crippen LogP contribution in [-0.2, 0) is 4.79 Å². The first-order chi connectivity index (χ1) is 21.3. The molecule has 0 saturated heterocycles. The molecule has 0 bridgehead atoms. The fourth-order valence-corrected chi connectivity index (χ4v) is 6.72. The molecule has 2 heterocycles. The number of aryl methyl sites for hydroxylation is 2. The summed E-state index contributed by atoms with van der Waals surface area (Å²) in [6.45, 7) is 8.23. The topological polar surface area (TPSA) is 81.9 Å². The van der Waals surface area contributed by atoms with Crippen molar-refractivity contribution in [2.45, 2.75) is 33.7 Å². The normalized spacial score (nSPS) is 14.8. The van der Waals surface area contributed by atoms with Crippen molar-refractivity contribution >= 4 is 39.8 Å². The second-order valence-electron chi connectivity index (χ2n) is 10.8. The average molecular weight is 604 g/mol. The van der Waals surface area contributed by atoms with Crippen LogP contribution in [0.5, 0.6) is 11.5 Å². The van der Waals surface area contributed by atoms with E-state index in [1.54, 1.807) is 11.7 Å². The maximum Gasteiger partial charge on any atom is 0.271 e. The highest BCUT2D eigenvalue weighted by Crippen LogP contribution is 2.33. The highest BCUT2D eigenvalue weighted by Gasteiger charge is 2.33. The van der Waals surface area contributed by atoms with Gasteiger partial charge in [-0.25, -0.2) is 4.99 Å². The summed E-state index contributed by atoms with van der Waals surface area (Å²) >= 11 is 1.31. The SMILES string of the molecule is CCOc1ccc2ccccc2c1/C=c1/sc2n(c1=O)[C@H](c1ccc(OC)cc1)C(C(=O)Nc1ccc(C)cc1C)=C(C)N=2. The number of allylic oxidation sites excluding steroid dienone is 1. The molecule has 222 valence electrons. The lowest BCUT2D eigenvalue weighted by molar-refractivity contribution is -0.113. The summed E-state index contributed by atoms with van der Waals surface area (Å²) in [5.41, 5.74) is 5.13. The summed E-state index contributed by atoms with van der Waals surface area (Å²) in [4.78, 5) is 33.7. The molecular weight excluding hydrogens is 570 g/mol. The molecule has 1 amide bonds. The summed E-state index contributed by atoms with van der Waals surface area (Å²) in [5.74, 6) is 1.08. The van der Waals surface area contributed by atoms with Crippen LogP contribution in [0, 0.1) is 13.8 Å². The van der Waals surface area contributed by atoms with E-state index in [2.05, 4.69) is 5.32 Å². The zero-order chi connectivity index (χ0) is 31.0. The van der Waals surface area contributed by atoms with Crippen LogP contribution < -0.4 is 29.7 Å². The number of methoxy groups -OCH3 is 1. The van der Waals surface area contributed by atoms with Gasteiger partial charge in [0.1, 0.15) is 11.5 Å². The molecule has 1 N–H and O–H groups in total. The monoisotopic (exact) mass is 603 g/mol. The Bertz CT molecular complexity index is 2120. The zero-order valence-electron chi connectivity index (χ0n) is 25.3. The predicted molar refractivity (Wildman–Crippen MR) is 176 cm³/mol. The number of hydrogen-bond donors (Lipinski definition) is 1. The lowest BCUT2D eigenvalue weighted by Crippen LogP contribution is -2.40. The lowest BCUT2D eigenvalue weighted by atomic mass is 9.95. The number of hydrogen-bond acceptors (Lipinski definition) is 6. The number of aromatic nitrogens is 1. The van der Waals surface area contributed by atoms with Crippen molar-refractivity contribution in [3.8, 4) is 11.5 Å². The first-order valence-corrected chi connectivity index (χ1v) is 15.3. The number of benzene rings is 4. The fourth-order valence-electron chi connectivity index (χ4n) is 5.69. The van der Waals surface area contributed by atoms with Crippen molar-refractivity contribution in [2.24, 2.45) is 4.99 Å². The van der Waals surface area contributed by atoms with Gasteiger partial charge in [-0.1, -0.05) is 71.5 Å². The summed E-state index contributed by atoms with van der Waals surface area (Å²) in [5, 5.41) is 5.12. The van der Waals surface area contributed by atoms with Gasteiger partial charge in [0.2, 0.25) is 0 Å². The Hall–Kier alpha value is -4.95. The standard InChI is InChI=1S/C36H33N3O4S/c1-6-43-30-18-14-24-9-7-8-10-27(24)28(30)20-31-35(41)39-33(25-12-15-26(42-5)16-13-25)32(23(4)37-36(39)44-31)34(40)38-29-17-11-21(2)19-22(29)3/h7-20,33H,6H2,1-5H3,(H,38,40)/b31-20+/t33-/m1/s1. The van der Waals surface area contributed by atoms with Crippen LogP contribution in [0.15, 0.2) is 99.9 Å². The summed E-state index contributed by atoms with van der Waals surface area (Å²) in [7, 11) is 1.61. The zero-order valence-corrected chi connectivity index (χ0v) is 26.1. The Balaban J connectivity index is 1.54. The highest BCUT2D eigenvalue weighted by atomic mass is 32.1. The highest BCUT2D eigenvalue weighted by molar-refractivity contribution is 7.07. The molecule has 1 atom stereocenters. The van der Waals surface area contributed by atoms with Gasteiger partial charge in [-0.15, -0.1) is 0 Å². The van der Waals surface area contributed by atoms with Gasteiger partial charge in [0.05, 0.1) is 35.6 Å². The molecular formula is C36H33N3O4S. The van der Waals surface area contributed by atoms with Crippen LogP contribution in [0.1, 0.15) is 42.1 Å². The summed E-state index contributed by atoms with van der Waals surface area (Å²) in [6.07, 6.45) is 1.89. The third kappa shape index (κ3) is 5.33. The first-order valence-electron chi connectivity index (χ1n) is 14.5. The average Bonchev–Trinajstić information content (AvgIpc) is 3.32. The van der Waals surface area contributed by atoms with E-state index >= 15 is 0 Å². The van der Waals surface area contributed by atoms with Gasteiger partial charge in [-0.05, 0) is 79.9 Å². The van der Waals surface area contributed by atoms with Crippen LogP contribution in [0.3, 0.4) is 0 Å². The summed E-state index contributed by atoms with van der Waals surface area (Å²) in [6, 6.07) is 24.6. The number of carbonyl (C=O) groups is 1. The minimum Gasteiger partial charge on any atom is -0.497 e. The van der Waals surface area contributed by atoms with Gasteiger partial charge >= 0.3 is 0 Å². The second-order valence-corrected chi connectivity index (χ2v) is 11.8. The van der Waals surface area contributed by atoms with Gasteiger partial charge in [0, 0.05) is 11.3 Å². The van der Waals surface area contributed by atoms with Gasteiger partial charge in [-0.2, -0.15) is 0 Å². The van der Waals surface area contributed by atoms with Crippen LogP contribution in [0.2, 0.25) is 0 Å². The number of thiazole rings is 1. The van der Waals surface area contributed by atoms with E-state index in [0.29, 0.717) is 44.4 Å². The molecule has 0 radical (unpaired) electrons. The summed E-state index contributed by atoms with van der Waals surface area (Å²) < 4.78 is 13.5. The maximum atomic E-state index is 14.3. The molecule has 6 rings (SSSR count). The molecule has 5 aromatic rings. The maximum absolute atomic E-state index is 14.3. The van der Waals surface area contributed by atoms with E-state index < -0.39 is 6.04 Å². The molecule has 1 aromatic heterocycles. The van der Waals surface area contributed by atoms with Crippen molar-refractivity contribution in [2.75, 3.05) is 19.0 Å². The van der Waals surface area contributed by atoms with Crippen molar-refractivity contribution in [1.82, 2.24) is 4.57 Å². The van der Waals surface area contributed by atoms with Crippen molar-refractivity contribution in [3.63, 3.8) is 0 Å². The number of anilines is 1. The van der Waals surface area contributed by atoms with Crippen LogP contribution in [0.25, 0.3) is 16.8 Å². The van der Waals surface area contributed by atoms with E-state index in [0.717, 1.165) is 33.0 Å². The lowest BCUT2D eigenvalue weighted by Gasteiger charge is -2.25. The number of carbonyl (C=O) groups excluding carboxylic acids is 1. The van der Waals surface area contributed by atoms with Gasteiger partial charge < -0.3 is 14.8 Å². The van der Waals surface area contributed by atoms with E-state index in [1.165, 1.54) is 11.3 Å². The Morgan fingerprint density at radius 2 is 1.80 bits per heavy atom. The van der Waals surface area contributed by atoms with E-state index in [1.807, 2.05) is 113 Å². The number of nitrogens with zero attached hydrogens (tertiary/aromatic N) is 2. The van der Waals surface area contributed by atoms with Crippen molar-refractivity contribution < 1.29 is 14.3 Å². The molecule has 0 fully saturated rings. The van der Waals surface area contributed by atoms with E-state index in [4.69, 9.17) is 14.5 Å². The minimum absolute atomic E-state index is 0.228. The number of nitrogens with one attached hydrogen (secondary N) is 1. The van der Waals surface area contributed by atoms with Crippen LogP contribution in [-0.4, -0.2) is 24.2 Å². The number of ether oxygens (including phenoxy) is 2. The second kappa shape index (κ2) is 12.0. The number of rotatable bonds is 7. The van der Waals surface area contributed by atoms with Crippen molar-refractivity contribution in [1.29, 1.82) is 0 Å². The molecule has 0 unspecified atom stereocenters. The molecule has 7 nitrogen and oxygen atoms in total.